The summed E-state index contributed by atoms with van der Waals surface area (Å²) in [7, 11) is 1.60. The number of rotatable bonds is 8. The Morgan fingerprint density at radius 1 is 0.926 bits per heavy atom. The molecule has 5 nitrogen and oxygen atoms in total. The van der Waals surface area contributed by atoms with Crippen LogP contribution in [0.3, 0.4) is 0 Å². The van der Waals surface area contributed by atoms with Gasteiger partial charge in [0, 0.05) is 6.92 Å². The lowest BCUT2D eigenvalue weighted by Crippen LogP contribution is -2.34. The summed E-state index contributed by atoms with van der Waals surface area (Å²) >= 11 is 0. The van der Waals surface area contributed by atoms with Crippen molar-refractivity contribution in [1.82, 2.24) is 10.6 Å². The maximum Gasteiger partial charge on any atom is 0.222 e. The van der Waals surface area contributed by atoms with E-state index in [1.165, 1.54) is 12.5 Å². The Morgan fingerprint density at radius 3 is 2.00 bits per heavy atom. The molecule has 5 heteroatoms. The summed E-state index contributed by atoms with van der Waals surface area (Å²) in [6, 6.07) is 15.1. The van der Waals surface area contributed by atoms with Crippen molar-refractivity contribution in [1.29, 1.82) is 0 Å². The van der Waals surface area contributed by atoms with Gasteiger partial charge in [-0.15, -0.1) is 0 Å². The van der Waals surface area contributed by atoms with E-state index < -0.39 is 0 Å². The van der Waals surface area contributed by atoms with E-state index in [2.05, 4.69) is 10.6 Å². The SMILES string of the molecule is CCC(NC(=O)CC(NC(C)=O)c1ccc(OC)cc1)c1ccc(C)cc1. The van der Waals surface area contributed by atoms with Gasteiger partial charge in [-0.05, 0) is 36.6 Å². The van der Waals surface area contributed by atoms with E-state index in [1.54, 1.807) is 7.11 Å². The first-order valence-electron chi connectivity index (χ1n) is 9.20. The predicted molar refractivity (Wildman–Crippen MR) is 107 cm³/mol. The van der Waals surface area contributed by atoms with Gasteiger partial charge < -0.3 is 15.4 Å². The summed E-state index contributed by atoms with van der Waals surface area (Å²) in [4.78, 5) is 24.3. The molecular formula is C22H28N2O3. The summed E-state index contributed by atoms with van der Waals surface area (Å²) < 4.78 is 5.17. The summed E-state index contributed by atoms with van der Waals surface area (Å²) in [5, 5.41) is 5.95. The van der Waals surface area contributed by atoms with Crippen LogP contribution in [0.15, 0.2) is 48.5 Å². The van der Waals surface area contributed by atoms with Gasteiger partial charge in [0.25, 0.3) is 0 Å². The Morgan fingerprint density at radius 2 is 1.48 bits per heavy atom. The first-order valence-corrected chi connectivity index (χ1v) is 9.20. The molecule has 2 amide bonds. The molecule has 0 radical (unpaired) electrons. The van der Waals surface area contributed by atoms with Gasteiger partial charge in [-0.3, -0.25) is 9.59 Å². The Bertz CT molecular complexity index is 754. The fraction of sp³-hybridized carbons (Fsp3) is 0.364. The second-order valence-corrected chi connectivity index (χ2v) is 6.67. The fourth-order valence-electron chi connectivity index (χ4n) is 2.99. The Labute approximate surface area is 161 Å². The highest BCUT2D eigenvalue weighted by Crippen LogP contribution is 2.22. The number of carbonyl (C=O) groups excluding carboxylic acids is 2. The molecule has 0 aliphatic carbocycles. The van der Waals surface area contributed by atoms with Crippen molar-refractivity contribution in [3.8, 4) is 5.75 Å². The molecule has 2 rings (SSSR count). The molecule has 2 unspecified atom stereocenters. The molecule has 144 valence electrons. The van der Waals surface area contributed by atoms with Crippen LogP contribution in [-0.4, -0.2) is 18.9 Å². The average Bonchev–Trinajstić information content (AvgIpc) is 2.66. The minimum Gasteiger partial charge on any atom is -0.497 e. The lowest BCUT2D eigenvalue weighted by Gasteiger charge is -2.22. The van der Waals surface area contributed by atoms with Gasteiger partial charge in [-0.2, -0.15) is 0 Å². The van der Waals surface area contributed by atoms with Crippen LogP contribution in [0.2, 0.25) is 0 Å². The first-order chi connectivity index (χ1) is 12.9. The Balaban J connectivity index is 2.09. The van der Waals surface area contributed by atoms with Crippen molar-refractivity contribution in [2.24, 2.45) is 0 Å². The van der Waals surface area contributed by atoms with E-state index in [1.807, 2.05) is 62.4 Å². The van der Waals surface area contributed by atoms with E-state index in [4.69, 9.17) is 4.74 Å². The lowest BCUT2D eigenvalue weighted by atomic mass is 10.0. The fourth-order valence-corrected chi connectivity index (χ4v) is 2.99. The topological polar surface area (TPSA) is 67.4 Å². The summed E-state index contributed by atoms with van der Waals surface area (Å²) in [5.41, 5.74) is 3.13. The molecule has 0 spiro atoms. The van der Waals surface area contributed by atoms with Gasteiger partial charge in [-0.1, -0.05) is 48.9 Å². The minimum absolute atomic E-state index is 0.0491. The van der Waals surface area contributed by atoms with Gasteiger partial charge in [0.2, 0.25) is 11.8 Å². The van der Waals surface area contributed by atoms with Gasteiger partial charge in [-0.25, -0.2) is 0 Å². The average molecular weight is 368 g/mol. The van der Waals surface area contributed by atoms with Crippen LogP contribution in [0.1, 0.15) is 55.5 Å². The molecule has 0 bridgehead atoms. The van der Waals surface area contributed by atoms with E-state index in [0.29, 0.717) is 0 Å². The standard InChI is InChI=1S/C22H28N2O3/c1-5-20(17-8-6-15(2)7-9-17)24-22(26)14-21(23-16(3)25)18-10-12-19(27-4)13-11-18/h6-13,20-21H,5,14H2,1-4H3,(H,23,25)(H,24,26). The highest BCUT2D eigenvalue weighted by atomic mass is 16.5. The highest BCUT2D eigenvalue weighted by Gasteiger charge is 2.20. The largest absolute Gasteiger partial charge is 0.497 e. The number of hydrogen-bond donors (Lipinski definition) is 2. The van der Waals surface area contributed by atoms with Crippen molar-refractivity contribution in [3.05, 3.63) is 65.2 Å². The summed E-state index contributed by atoms with van der Waals surface area (Å²) in [6.45, 7) is 5.53. The molecule has 2 N–H and O–H groups in total. The molecule has 0 heterocycles. The van der Waals surface area contributed by atoms with Crippen molar-refractivity contribution < 1.29 is 14.3 Å². The molecule has 0 saturated heterocycles. The first kappa shape index (κ1) is 20.5. The van der Waals surface area contributed by atoms with Crippen LogP contribution >= 0.6 is 0 Å². The van der Waals surface area contributed by atoms with Gasteiger partial charge in [0.15, 0.2) is 0 Å². The van der Waals surface area contributed by atoms with E-state index in [0.717, 1.165) is 23.3 Å². The number of ether oxygens (including phenoxy) is 1. The van der Waals surface area contributed by atoms with Crippen LogP contribution in [0.25, 0.3) is 0 Å². The van der Waals surface area contributed by atoms with E-state index >= 15 is 0 Å². The van der Waals surface area contributed by atoms with Crippen molar-refractivity contribution in [3.63, 3.8) is 0 Å². The lowest BCUT2D eigenvalue weighted by molar-refractivity contribution is -0.123. The number of carbonyl (C=O) groups is 2. The molecular weight excluding hydrogens is 340 g/mol. The quantitative estimate of drug-likeness (QED) is 0.744. The molecule has 0 saturated carbocycles. The molecule has 0 aliphatic rings. The van der Waals surface area contributed by atoms with Crippen LogP contribution in [-0.2, 0) is 9.59 Å². The summed E-state index contributed by atoms with van der Waals surface area (Å²) in [5.74, 6) is 0.460. The zero-order valence-corrected chi connectivity index (χ0v) is 16.4. The van der Waals surface area contributed by atoms with Gasteiger partial charge in [0.05, 0.1) is 25.6 Å². The molecule has 2 aromatic rings. The molecule has 2 atom stereocenters. The Hall–Kier alpha value is -2.82. The number of amides is 2. The highest BCUT2D eigenvalue weighted by molar-refractivity contribution is 5.79. The van der Waals surface area contributed by atoms with Crippen LogP contribution < -0.4 is 15.4 Å². The maximum atomic E-state index is 12.7. The second kappa shape index (κ2) is 9.76. The van der Waals surface area contributed by atoms with Gasteiger partial charge >= 0.3 is 0 Å². The minimum atomic E-state index is -0.385. The number of benzene rings is 2. The Kier molecular flexibility index (Phi) is 7.41. The van der Waals surface area contributed by atoms with Crippen LogP contribution in [0, 0.1) is 6.92 Å². The number of methoxy groups -OCH3 is 1. The van der Waals surface area contributed by atoms with Crippen LogP contribution in [0.5, 0.6) is 5.75 Å². The monoisotopic (exact) mass is 368 g/mol. The molecule has 27 heavy (non-hydrogen) atoms. The number of nitrogens with one attached hydrogen (secondary N) is 2. The van der Waals surface area contributed by atoms with Crippen LogP contribution in [0.4, 0.5) is 0 Å². The summed E-state index contributed by atoms with van der Waals surface area (Å²) in [6.07, 6.45) is 0.969. The van der Waals surface area contributed by atoms with E-state index in [9.17, 15) is 9.59 Å². The van der Waals surface area contributed by atoms with Gasteiger partial charge in [0.1, 0.15) is 5.75 Å². The predicted octanol–water partition coefficient (Wildman–Crippen LogP) is 3.84. The third-order valence-electron chi connectivity index (χ3n) is 4.51. The van der Waals surface area contributed by atoms with Crippen molar-refractivity contribution >= 4 is 11.8 Å². The molecule has 0 fully saturated rings. The zero-order chi connectivity index (χ0) is 19.8. The number of aryl methyl sites for hydroxylation is 1. The molecule has 0 aliphatic heterocycles. The van der Waals surface area contributed by atoms with E-state index in [-0.39, 0.29) is 30.3 Å². The third-order valence-corrected chi connectivity index (χ3v) is 4.51. The second-order valence-electron chi connectivity index (χ2n) is 6.67. The molecule has 0 aromatic heterocycles. The smallest absolute Gasteiger partial charge is 0.222 e. The normalized spacial score (nSPS) is 12.7. The van der Waals surface area contributed by atoms with Crippen molar-refractivity contribution in [2.75, 3.05) is 7.11 Å². The molecule has 2 aromatic carbocycles. The third kappa shape index (κ3) is 6.13. The number of hydrogen-bond acceptors (Lipinski definition) is 3. The van der Waals surface area contributed by atoms with Crippen molar-refractivity contribution in [2.45, 2.75) is 45.7 Å². The maximum absolute atomic E-state index is 12.7. The zero-order valence-electron chi connectivity index (χ0n) is 16.4.